The molecule has 1 N–H and O–H groups in total. The third-order valence-electron chi connectivity index (χ3n) is 4.02. The Labute approximate surface area is 103 Å². The topological polar surface area (TPSA) is 37.3 Å². The summed E-state index contributed by atoms with van der Waals surface area (Å²) in [7, 11) is 0. The van der Waals surface area contributed by atoms with E-state index in [0.717, 1.165) is 12.8 Å². The van der Waals surface area contributed by atoms with Gasteiger partial charge in [-0.25, -0.2) is 0 Å². The molecule has 0 radical (unpaired) electrons. The number of aliphatic hydroxyl groups is 1. The Kier molecular flexibility index (Phi) is 3.34. The molecule has 0 unspecified atom stereocenters. The zero-order valence-corrected chi connectivity index (χ0v) is 10.6. The lowest BCUT2D eigenvalue weighted by molar-refractivity contribution is -0.138. The number of aryl methyl sites for hydroxylation is 1. The van der Waals surface area contributed by atoms with Gasteiger partial charge in [0, 0.05) is 0 Å². The molecular formula is C15H20O2. The van der Waals surface area contributed by atoms with Crippen LogP contribution in [0.2, 0.25) is 0 Å². The Morgan fingerprint density at radius 2 is 1.76 bits per heavy atom. The summed E-state index contributed by atoms with van der Waals surface area (Å²) in [5.74, 6) is 0.412. The van der Waals surface area contributed by atoms with E-state index in [-0.39, 0.29) is 5.78 Å². The summed E-state index contributed by atoms with van der Waals surface area (Å²) >= 11 is 0. The smallest absolute Gasteiger partial charge is 0.161 e. The largest absolute Gasteiger partial charge is 0.382 e. The first kappa shape index (κ1) is 12.3. The van der Waals surface area contributed by atoms with E-state index in [1.54, 1.807) is 0 Å². The van der Waals surface area contributed by atoms with Crippen LogP contribution in [0.25, 0.3) is 0 Å². The Hall–Kier alpha value is -1.15. The number of carbonyl (C=O) groups is 1. The van der Waals surface area contributed by atoms with Gasteiger partial charge in [0.15, 0.2) is 5.78 Å². The van der Waals surface area contributed by atoms with Gasteiger partial charge in [-0.1, -0.05) is 29.8 Å². The number of benzene rings is 1. The van der Waals surface area contributed by atoms with Crippen molar-refractivity contribution in [2.24, 2.45) is 0 Å². The molecule has 1 aromatic carbocycles. The SMILES string of the molecule is CC(=O)C1(O)CCC(c2ccc(C)cc2)CC1. The Morgan fingerprint density at radius 3 is 2.24 bits per heavy atom. The second-order valence-electron chi connectivity index (χ2n) is 5.27. The molecule has 0 amide bonds. The van der Waals surface area contributed by atoms with Crippen LogP contribution in [0.4, 0.5) is 0 Å². The second kappa shape index (κ2) is 4.61. The molecule has 0 atom stereocenters. The van der Waals surface area contributed by atoms with Gasteiger partial charge in [-0.2, -0.15) is 0 Å². The van der Waals surface area contributed by atoms with Crippen molar-refractivity contribution >= 4 is 5.78 Å². The fourth-order valence-electron chi connectivity index (χ4n) is 2.62. The standard InChI is InChI=1S/C15H20O2/c1-11-3-5-13(6-4-11)14-7-9-15(17,10-8-14)12(2)16/h3-6,14,17H,7-10H2,1-2H3. The number of ketones is 1. The quantitative estimate of drug-likeness (QED) is 0.851. The summed E-state index contributed by atoms with van der Waals surface area (Å²) in [6.07, 6.45) is 3.00. The summed E-state index contributed by atoms with van der Waals surface area (Å²) in [5, 5.41) is 10.1. The molecule has 2 rings (SSSR count). The van der Waals surface area contributed by atoms with Gasteiger partial charge in [0.2, 0.25) is 0 Å². The molecule has 1 fully saturated rings. The molecule has 0 aliphatic heterocycles. The van der Waals surface area contributed by atoms with Crippen LogP contribution in [0.1, 0.15) is 49.7 Å². The molecule has 2 nitrogen and oxygen atoms in total. The monoisotopic (exact) mass is 232 g/mol. The van der Waals surface area contributed by atoms with Gasteiger partial charge >= 0.3 is 0 Å². The van der Waals surface area contributed by atoms with E-state index in [1.165, 1.54) is 18.1 Å². The van der Waals surface area contributed by atoms with Crippen LogP contribution in [-0.2, 0) is 4.79 Å². The molecule has 1 aliphatic carbocycles. The van der Waals surface area contributed by atoms with Crippen molar-refractivity contribution in [1.82, 2.24) is 0 Å². The van der Waals surface area contributed by atoms with Gasteiger partial charge in [-0.3, -0.25) is 4.79 Å². The lowest BCUT2D eigenvalue weighted by Crippen LogP contribution is -2.40. The molecule has 92 valence electrons. The minimum absolute atomic E-state index is 0.0835. The average Bonchev–Trinajstić information content (AvgIpc) is 2.31. The molecular weight excluding hydrogens is 212 g/mol. The van der Waals surface area contributed by atoms with Crippen molar-refractivity contribution in [3.05, 3.63) is 35.4 Å². The second-order valence-corrected chi connectivity index (χ2v) is 5.27. The highest BCUT2D eigenvalue weighted by molar-refractivity contribution is 5.84. The molecule has 0 heterocycles. The maximum absolute atomic E-state index is 11.4. The van der Waals surface area contributed by atoms with Gasteiger partial charge in [0.1, 0.15) is 5.60 Å². The Balaban J connectivity index is 2.04. The number of hydrogen-bond acceptors (Lipinski definition) is 2. The predicted octanol–water partition coefficient (Wildman–Crippen LogP) is 2.97. The maximum atomic E-state index is 11.4. The minimum atomic E-state index is -1.05. The summed E-state index contributed by atoms with van der Waals surface area (Å²) < 4.78 is 0. The van der Waals surface area contributed by atoms with Crippen LogP contribution in [0.3, 0.4) is 0 Å². The Morgan fingerprint density at radius 1 is 1.24 bits per heavy atom. The summed E-state index contributed by atoms with van der Waals surface area (Å²) in [5.41, 5.74) is 1.55. The normalized spacial score (nSPS) is 29.0. The highest BCUT2D eigenvalue weighted by atomic mass is 16.3. The van der Waals surface area contributed by atoms with Crippen molar-refractivity contribution in [1.29, 1.82) is 0 Å². The van der Waals surface area contributed by atoms with Crippen molar-refractivity contribution < 1.29 is 9.90 Å². The molecule has 1 aromatic rings. The van der Waals surface area contributed by atoms with E-state index >= 15 is 0 Å². The first-order valence-electron chi connectivity index (χ1n) is 6.31. The van der Waals surface area contributed by atoms with E-state index in [0.29, 0.717) is 18.8 Å². The zero-order chi connectivity index (χ0) is 12.5. The highest BCUT2D eigenvalue weighted by Crippen LogP contribution is 2.38. The fourth-order valence-corrected chi connectivity index (χ4v) is 2.62. The lowest BCUT2D eigenvalue weighted by Gasteiger charge is -2.34. The maximum Gasteiger partial charge on any atom is 0.161 e. The van der Waals surface area contributed by atoms with Gasteiger partial charge in [-0.05, 0) is 51.0 Å². The van der Waals surface area contributed by atoms with E-state index in [4.69, 9.17) is 0 Å². The van der Waals surface area contributed by atoms with Crippen LogP contribution in [0.5, 0.6) is 0 Å². The van der Waals surface area contributed by atoms with Crippen LogP contribution < -0.4 is 0 Å². The van der Waals surface area contributed by atoms with E-state index < -0.39 is 5.60 Å². The minimum Gasteiger partial charge on any atom is -0.382 e. The number of Topliss-reactive ketones (excluding diaryl/α,β-unsaturated/α-hetero) is 1. The number of carbonyl (C=O) groups excluding carboxylic acids is 1. The number of hydrogen-bond donors (Lipinski definition) is 1. The lowest BCUT2D eigenvalue weighted by atomic mass is 9.74. The average molecular weight is 232 g/mol. The molecule has 0 saturated heterocycles. The number of rotatable bonds is 2. The fraction of sp³-hybridized carbons (Fsp3) is 0.533. The molecule has 1 saturated carbocycles. The third kappa shape index (κ3) is 2.58. The molecule has 17 heavy (non-hydrogen) atoms. The summed E-state index contributed by atoms with van der Waals surface area (Å²) in [6.45, 7) is 3.57. The van der Waals surface area contributed by atoms with Crippen LogP contribution in [0, 0.1) is 6.92 Å². The molecule has 0 aromatic heterocycles. The molecule has 0 spiro atoms. The van der Waals surface area contributed by atoms with E-state index in [1.807, 2.05) is 0 Å². The molecule has 1 aliphatic rings. The van der Waals surface area contributed by atoms with Crippen LogP contribution >= 0.6 is 0 Å². The zero-order valence-electron chi connectivity index (χ0n) is 10.6. The first-order chi connectivity index (χ1) is 8.01. The predicted molar refractivity (Wildman–Crippen MR) is 68.0 cm³/mol. The van der Waals surface area contributed by atoms with Crippen molar-refractivity contribution in [3.8, 4) is 0 Å². The molecule has 2 heteroatoms. The van der Waals surface area contributed by atoms with E-state index in [9.17, 15) is 9.90 Å². The van der Waals surface area contributed by atoms with Crippen LogP contribution in [0.15, 0.2) is 24.3 Å². The van der Waals surface area contributed by atoms with Crippen molar-refractivity contribution in [3.63, 3.8) is 0 Å². The van der Waals surface area contributed by atoms with Gasteiger partial charge in [0.25, 0.3) is 0 Å². The summed E-state index contributed by atoms with van der Waals surface area (Å²) in [4.78, 5) is 11.4. The Bertz CT molecular complexity index is 397. The van der Waals surface area contributed by atoms with Crippen molar-refractivity contribution in [2.75, 3.05) is 0 Å². The summed E-state index contributed by atoms with van der Waals surface area (Å²) in [6, 6.07) is 8.58. The van der Waals surface area contributed by atoms with Gasteiger partial charge in [-0.15, -0.1) is 0 Å². The van der Waals surface area contributed by atoms with Gasteiger partial charge in [0.05, 0.1) is 0 Å². The van der Waals surface area contributed by atoms with Crippen LogP contribution in [-0.4, -0.2) is 16.5 Å². The third-order valence-corrected chi connectivity index (χ3v) is 4.02. The van der Waals surface area contributed by atoms with E-state index in [2.05, 4.69) is 31.2 Å². The van der Waals surface area contributed by atoms with Crippen molar-refractivity contribution in [2.45, 2.75) is 51.0 Å². The first-order valence-corrected chi connectivity index (χ1v) is 6.31. The highest BCUT2D eigenvalue weighted by Gasteiger charge is 2.37. The molecule has 0 bridgehead atoms. The van der Waals surface area contributed by atoms with Gasteiger partial charge < -0.3 is 5.11 Å².